The van der Waals surface area contributed by atoms with Crippen LogP contribution in [0, 0.1) is 0 Å². The Kier molecular flexibility index (Phi) is 2.07. The van der Waals surface area contributed by atoms with Crippen molar-refractivity contribution in [3.8, 4) is 0 Å². The van der Waals surface area contributed by atoms with Gasteiger partial charge in [-0.15, -0.1) is 0 Å². The molecule has 5 heteroatoms. The zero-order chi connectivity index (χ0) is 9.41. The van der Waals surface area contributed by atoms with E-state index in [1.165, 1.54) is 6.92 Å². The lowest BCUT2D eigenvalue weighted by Crippen LogP contribution is -2.48. The van der Waals surface area contributed by atoms with Crippen LogP contribution < -0.4 is 0 Å². The molecule has 1 rings (SSSR count). The van der Waals surface area contributed by atoms with Crippen molar-refractivity contribution < 1.29 is 23.4 Å². The molecule has 0 aromatic rings. The number of carboxylic acids is 1. The summed E-state index contributed by atoms with van der Waals surface area (Å²) >= 11 is 0. The van der Waals surface area contributed by atoms with Crippen LogP contribution in [0.25, 0.3) is 0 Å². The summed E-state index contributed by atoms with van der Waals surface area (Å²) in [7, 11) is 0. The molecule has 3 nitrogen and oxygen atoms in total. The molecule has 1 saturated heterocycles. The zero-order valence-electron chi connectivity index (χ0n) is 6.64. The Morgan fingerprint density at radius 1 is 1.58 bits per heavy atom. The molecular weight excluding hydrogens is 170 g/mol. The maximum absolute atomic E-state index is 12.7. The van der Waals surface area contributed by atoms with Crippen molar-refractivity contribution in [3.63, 3.8) is 0 Å². The summed E-state index contributed by atoms with van der Waals surface area (Å²) in [6.07, 6.45) is -1.13. The van der Waals surface area contributed by atoms with E-state index >= 15 is 0 Å². The van der Waals surface area contributed by atoms with Crippen molar-refractivity contribution in [1.82, 2.24) is 0 Å². The number of hydrogen-bond donors (Lipinski definition) is 1. The maximum Gasteiger partial charge on any atom is 0.335 e. The summed E-state index contributed by atoms with van der Waals surface area (Å²) in [5, 5.41) is 8.57. The lowest BCUT2D eigenvalue weighted by atomic mass is 9.93. The number of alkyl halides is 2. The Hall–Kier alpha value is -0.710. The van der Waals surface area contributed by atoms with E-state index in [0.29, 0.717) is 0 Å². The van der Waals surface area contributed by atoms with Crippen LogP contribution in [0.1, 0.15) is 19.8 Å². The van der Waals surface area contributed by atoms with E-state index in [4.69, 9.17) is 9.84 Å². The molecule has 0 saturated carbocycles. The van der Waals surface area contributed by atoms with Crippen LogP contribution in [0.15, 0.2) is 0 Å². The molecule has 1 aliphatic heterocycles. The number of carboxylic acid groups (broad SMARTS) is 1. The van der Waals surface area contributed by atoms with E-state index in [2.05, 4.69) is 0 Å². The predicted octanol–water partition coefficient (Wildman–Crippen LogP) is 1.28. The highest BCUT2D eigenvalue weighted by molar-refractivity contribution is 5.77. The van der Waals surface area contributed by atoms with E-state index in [0.717, 1.165) is 0 Å². The molecule has 1 aliphatic rings. The van der Waals surface area contributed by atoms with Crippen LogP contribution in [0.4, 0.5) is 8.78 Å². The molecule has 70 valence electrons. The molecule has 1 fully saturated rings. The number of hydrogen-bond acceptors (Lipinski definition) is 2. The molecule has 0 bridgehead atoms. The molecule has 1 atom stereocenters. The van der Waals surface area contributed by atoms with Crippen LogP contribution in [0.3, 0.4) is 0 Å². The smallest absolute Gasteiger partial charge is 0.335 e. The number of aliphatic carboxylic acids is 1. The fourth-order valence-corrected chi connectivity index (χ4v) is 1.20. The molecule has 0 radical (unpaired) electrons. The fraction of sp³-hybridized carbons (Fsp3) is 0.857. The van der Waals surface area contributed by atoms with Crippen LogP contribution in [0.2, 0.25) is 0 Å². The summed E-state index contributed by atoms with van der Waals surface area (Å²) < 4.78 is 30.2. The van der Waals surface area contributed by atoms with Gasteiger partial charge in [0.1, 0.15) is 0 Å². The van der Waals surface area contributed by atoms with E-state index < -0.39 is 30.3 Å². The first-order valence-electron chi connectivity index (χ1n) is 3.61. The van der Waals surface area contributed by atoms with E-state index in [1.54, 1.807) is 0 Å². The van der Waals surface area contributed by atoms with Gasteiger partial charge in [-0.3, -0.25) is 0 Å². The number of rotatable bonds is 1. The molecule has 0 aliphatic carbocycles. The van der Waals surface area contributed by atoms with Crippen molar-refractivity contribution in [2.75, 3.05) is 6.61 Å². The lowest BCUT2D eigenvalue weighted by Gasteiger charge is -2.34. The third-order valence-electron chi connectivity index (χ3n) is 1.94. The quantitative estimate of drug-likeness (QED) is 0.661. The van der Waals surface area contributed by atoms with Gasteiger partial charge in [0.2, 0.25) is 0 Å². The molecule has 0 amide bonds. The van der Waals surface area contributed by atoms with Crippen molar-refractivity contribution in [1.29, 1.82) is 0 Å². The van der Waals surface area contributed by atoms with Gasteiger partial charge in [-0.25, -0.2) is 13.6 Å². The minimum absolute atomic E-state index is 0.199. The highest BCUT2D eigenvalue weighted by Gasteiger charge is 2.48. The molecule has 0 spiro atoms. The Morgan fingerprint density at radius 2 is 2.17 bits per heavy atom. The highest BCUT2D eigenvalue weighted by atomic mass is 19.3. The SMILES string of the molecule is C[C@]1(C(=O)O)CC(F)(F)CCO1. The third kappa shape index (κ3) is 1.72. The van der Waals surface area contributed by atoms with E-state index in [-0.39, 0.29) is 6.61 Å². The van der Waals surface area contributed by atoms with Gasteiger partial charge in [0, 0.05) is 6.42 Å². The van der Waals surface area contributed by atoms with Crippen molar-refractivity contribution in [3.05, 3.63) is 0 Å². The summed E-state index contributed by atoms with van der Waals surface area (Å²) in [6.45, 7) is 0.970. The maximum atomic E-state index is 12.7. The van der Waals surface area contributed by atoms with Gasteiger partial charge in [-0.1, -0.05) is 0 Å². The van der Waals surface area contributed by atoms with Crippen molar-refractivity contribution in [2.45, 2.75) is 31.3 Å². The van der Waals surface area contributed by atoms with Crippen LogP contribution in [-0.2, 0) is 9.53 Å². The second-order valence-electron chi connectivity index (χ2n) is 3.17. The fourth-order valence-electron chi connectivity index (χ4n) is 1.20. The summed E-state index contributed by atoms with van der Waals surface area (Å²) in [4.78, 5) is 10.5. The second kappa shape index (κ2) is 2.65. The molecule has 1 N–H and O–H groups in total. The standard InChI is InChI=1S/C7H10F2O3/c1-6(5(10)11)4-7(8,9)2-3-12-6/h2-4H2,1H3,(H,10,11)/t6-/m1/s1. The predicted molar refractivity (Wildman–Crippen MR) is 36.2 cm³/mol. The van der Waals surface area contributed by atoms with Gasteiger partial charge in [-0.05, 0) is 6.92 Å². The minimum Gasteiger partial charge on any atom is -0.479 e. The van der Waals surface area contributed by atoms with Gasteiger partial charge < -0.3 is 9.84 Å². The largest absolute Gasteiger partial charge is 0.479 e. The van der Waals surface area contributed by atoms with Crippen molar-refractivity contribution in [2.24, 2.45) is 0 Å². The first kappa shape index (κ1) is 9.38. The Bertz CT molecular complexity index is 205. The summed E-state index contributed by atoms with van der Waals surface area (Å²) in [5.74, 6) is -4.24. The second-order valence-corrected chi connectivity index (χ2v) is 3.17. The van der Waals surface area contributed by atoms with Gasteiger partial charge in [0.15, 0.2) is 5.60 Å². The van der Waals surface area contributed by atoms with Gasteiger partial charge in [0.05, 0.1) is 13.0 Å². The molecule has 0 aromatic heterocycles. The first-order chi connectivity index (χ1) is 5.36. The molecule has 0 aromatic carbocycles. The average Bonchev–Trinajstić information content (AvgIpc) is 1.83. The topological polar surface area (TPSA) is 46.5 Å². The minimum atomic E-state index is -2.91. The Labute approximate surface area is 68.3 Å². The summed E-state index contributed by atoms with van der Waals surface area (Å²) in [6, 6.07) is 0. The Morgan fingerprint density at radius 3 is 2.50 bits per heavy atom. The molecule has 12 heavy (non-hydrogen) atoms. The highest BCUT2D eigenvalue weighted by Crippen LogP contribution is 2.36. The normalized spacial score (nSPS) is 34.6. The van der Waals surface area contributed by atoms with Crippen LogP contribution in [0.5, 0.6) is 0 Å². The third-order valence-corrected chi connectivity index (χ3v) is 1.94. The number of halogens is 2. The first-order valence-corrected chi connectivity index (χ1v) is 3.61. The van der Waals surface area contributed by atoms with Crippen molar-refractivity contribution >= 4 is 5.97 Å². The van der Waals surface area contributed by atoms with Crippen LogP contribution in [-0.4, -0.2) is 29.2 Å². The van der Waals surface area contributed by atoms with E-state index in [1.807, 2.05) is 0 Å². The van der Waals surface area contributed by atoms with Crippen LogP contribution >= 0.6 is 0 Å². The number of ether oxygens (including phenoxy) is 1. The zero-order valence-corrected chi connectivity index (χ0v) is 6.64. The summed E-state index contributed by atoms with van der Waals surface area (Å²) in [5.41, 5.74) is -1.72. The van der Waals surface area contributed by atoms with Gasteiger partial charge in [-0.2, -0.15) is 0 Å². The number of carbonyl (C=O) groups is 1. The molecule has 1 heterocycles. The average molecular weight is 180 g/mol. The van der Waals surface area contributed by atoms with E-state index in [9.17, 15) is 13.6 Å². The van der Waals surface area contributed by atoms with Gasteiger partial charge in [0.25, 0.3) is 5.92 Å². The van der Waals surface area contributed by atoms with Gasteiger partial charge >= 0.3 is 5.97 Å². The Balaban J connectivity index is 2.74. The molecule has 0 unspecified atom stereocenters. The molecular formula is C7H10F2O3. The monoisotopic (exact) mass is 180 g/mol. The lowest BCUT2D eigenvalue weighted by molar-refractivity contribution is -0.198.